The number of nitrogens with zero attached hydrogens (tertiary/aromatic N) is 3. The van der Waals surface area contributed by atoms with Crippen LogP contribution < -0.4 is 4.74 Å². The van der Waals surface area contributed by atoms with Crippen molar-refractivity contribution in [3.8, 4) is 5.88 Å². The predicted molar refractivity (Wildman–Crippen MR) is 109 cm³/mol. The molecular weight excluding hydrogens is 390 g/mol. The molecule has 6 nitrogen and oxygen atoms in total. The summed E-state index contributed by atoms with van der Waals surface area (Å²) in [6.45, 7) is 1.31. The van der Waals surface area contributed by atoms with Crippen LogP contribution >= 0.6 is 11.6 Å². The third-order valence-corrected chi connectivity index (χ3v) is 5.37. The van der Waals surface area contributed by atoms with Crippen molar-refractivity contribution in [3.63, 3.8) is 0 Å². The number of likely N-dealkylation sites (tertiary alicyclic amines) is 1. The molecule has 0 saturated carbocycles. The minimum atomic E-state index is -0.0298. The number of carbonyl (C=O) groups excluding carboxylic acids is 1. The quantitative estimate of drug-likeness (QED) is 0.624. The lowest BCUT2D eigenvalue weighted by atomic mass is 9.97. The second-order valence-corrected chi connectivity index (χ2v) is 7.58. The molecule has 2 aromatic heterocycles. The fourth-order valence-corrected chi connectivity index (χ4v) is 3.70. The summed E-state index contributed by atoms with van der Waals surface area (Å²) in [6, 6.07) is 11.1. The van der Waals surface area contributed by atoms with Gasteiger partial charge in [-0.1, -0.05) is 23.7 Å². The minimum Gasteiger partial charge on any atom is -0.481 e. The fraction of sp³-hybridized carbons (Fsp3) is 0.318. The number of carbonyl (C=O) groups is 1. The molecule has 150 valence electrons. The van der Waals surface area contributed by atoms with Crippen LogP contribution in [0.15, 0.2) is 53.2 Å². The highest BCUT2D eigenvalue weighted by molar-refractivity contribution is 6.30. The number of halogens is 1. The van der Waals surface area contributed by atoms with Gasteiger partial charge in [0.15, 0.2) is 5.89 Å². The number of rotatable bonds is 5. The highest BCUT2D eigenvalue weighted by Crippen LogP contribution is 2.28. The van der Waals surface area contributed by atoms with Gasteiger partial charge in [-0.15, -0.1) is 0 Å². The molecule has 3 aromatic rings. The molecule has 29 heavy (non-hydrogen) atoms. The molecule has 0 N–H and O–H groups in total. The summed E-state index contributed by atoms with van der Waals surface area (Å²) < 4.78 is 11.1. The highest BCUT2D eigenvalue weighted by atomic mass is 35.5. The molecule has 1 aliphatic heterocycles. The van der Waals surface area contributed by atoms with Gasteiger partial charge in [-0.2, -0.15) is 0 Å². The molecule has 7 heteroatoms. The molecular formula is C22H22ClN3O3. The van der Waals surface area contributed by atoms with E-state index in [4.69, 9.17) is 20.8 Å². The maximum absolute atomic E-state index is 12.8. The zero-order valence-electron chi connectivity index (χ0n) is 16.2. The maximum atomic E-state index is 12.8. The molecule has 1 amide bonds. The van der Waals surface area contributed by atoms with Crippen LogP contribution in [0.4, 0.5) is 0 Å². The lowest BCUT2D eigenvalue weighted by Gasteiger charge is -2.31. The molecule has 4 rings (SSSR count). The molecule has 1 aromatic carbocycles. The van der Waals surface area contributed by atoms with Gasteiger partial charge < -0.3 is 14.1 Å². The van der Waals surface area contributed by atoms with Crippen LogP contribution in [0.1, 0.15) is 46.3 Å². The van der Waals surface area contributed by atoms with Crippen molar-refractivity contribution in [1.82, 2.24) is 14.9 Å². The van der Waals surface area contributed by atoms with E-state index in [2.05, 4.69) is 9.97 Å². The number of hydrogen-bond donors (Lipinski definition) is 0. The van der Waals surface area contributed by atoms with Crippen molar-refractivity contribution >= 4 is 17.5 Å². The van der Waals surface area contributed by atoms with Crippen LogP contribution in [0, 0.1) is 0 Å². The average Bonchev–Trinajstić information content (AvgIpc) is 3.23. The van der Waals surface area contributed by atoms with Gasteiger partial charge in [-0.25, -0.2) is 9.97 Å². The zero-order chi connectivity index (χ0) is 20.2. The Morgan fingerprint density at radius 3 is 2.76 bits per heavy atom. The number of amides is 1. The van der Waals surface area contributed by atoms with Crippen LogP contribution in [0.25, 0.3) is 0 Å². The Labute approximate surface area is 174 Å². The largest absolute Gasteiger partial charge is 0.481 e. The molecule has 3 heterocycles. The van der Waals surface area contributed by atoms with Gasteiger partial charge in [0.1, 0.15) is 5.76 Å². The highest BCUT2D eigenvalue weighted by Gasteiger charge is 2.28. The van der Waals surface area contributed by atoms with E-state index in [0.717, 1.165) is 30.7 Å². The number of aromatic nitrogens is 2. The SMILES string of the molecule is COc1ccc(C(=O)N2CCCC(c3ncc(Cc4ccc(Cl)cc4)o3)C2)cn1. The van der Waals surface area contributed by atoms with Crippen molar-refractivity contribution in [2.24, 2.45) is 0 Å². The summed E-state index contributed by atoms with van der Waals surface area (Å²) in [7, 11) is 1.55. The summed E-state index contributed by atoms with van der Waals surface area (Å²) in [5.74, 6) is 2.06. The van der Waals surface area contributed by atoms with Crippen LogP contribution in [0.5, 0.6) is 5.88 Å². The van der Waals surface area contributed by atoms with Crippen molar-refractivity contribution in [2.45, 2.75) is 25.2 Å². The Hall–Kier alpha value is -2.86. The van der Waals surface area contributed by atoms with Crippen molar-refractivity contribution < 1.29 is 13.9 Å². The first kappa shape index (κ1) is 19.5. The summed E-state index contributed by atoms with van der Waals surface area (Å²) >= 11 is 5.94. The van der Waals surface area contributed by atoms with Gasteiger partial charge >= 0.3 is 0 Å². The number of pyridine rings is 1. The summed E-state index contributed by atoms with van der Waals surface area (Å²) in [6.07, 6.45) is 5.86. The molecule has 1 saturated heterocycles. The van der Waals surface area contributed by atoms with E-state index >= 15 is 0 Å². The smallest absolute Gasteiger partial charge is 0.255 e. The van der Waals surface area contributed by atoms with Gasteiger partial charge in [0, 0.05) is 36.8 Å². The minimum absolute atomic E-state index is 0.0298. The molecule has 1 unspecified atom stereocenters. The van der Waals surface area contributed by atoms with E-state index in [1.807, 2.05) is 29.2 Å². The van der Waals surface area contributed by atoms with Crippen molar-refractivity contribution in [1.29, 1.82) is 0 Å². The number of methoxy groups -OCH3 is 1. The Kier molecular flexibility index (Phi) is 5.81. The van der Waals surface area contributed by atoms with Gasteiger partial charge in [0.05, 0.1) is 24.8 Å². The number of oxazole rings is 1. The normalized spacial score (nSPS) is 16.6. The van der Waals surface area contributed by atoms with Gasteiger partial charge in [-0.05, 0) is 36.6 Å². The summed E-state index contributed by atoms with van der Waals surface area (Å²) in [5.41, 5.74) is 1.67. The van der Waals surface area contributed by atoms with E-state index in [1.165, 1.54) is 0 Å². The predicted octanol–water partition coefficient (Wildman–Crippen LogP) is 4.34. The molecule has 0 spiro atoms. The maximum Gasteiger partial charge on any atom is 0.255 e. The van der Waals surface area contributed by atoms with Crippen LogP contribution in [-0.2, 0) is 6.42 Å². The number of piperidine rings is 1. The average molecular weight is 412 g/mol. The number of ether oxygens (including phenoxy) is 1. The van der Waals surface area contributed by atoms with E-state index in [1.54, 1.807) is 31.6 Å². The Bertz CT molecular complexity index is 970. The van der Waals surface area contributed by atoms with Gasteiger partial charge in [0.2, 0.25) is 5.88 Å². The van der Waals surface area contributed by atoms with E-state index in [-0.39, 0.29) is 11.8 Å². The van der Waals surface area contributed by atoms with E-state index in [0.29, 0.717) is 35.3 Å². The van der Waals surface area contributed by atoms with Crippen LogP contribution in [-0.4, -0.2) is 41.0 Å². The second kappa shape index (κ2) is 8.66. The third-order valence-electron chi connectivity index (χ3n) is 5.11. The molecule has 1 fully saturated rings. The molecule has 0 aliphatic carbocycles. The fourth-order valence-electron chi connectivity index (χ4n) is 3.57. The van der Waals surface area contributed by atoms with E-state index in [9.17, 15) is 4.79 Å². The molecule has 1 aliphatic rings. The lowest BCUT2D eigenvalue weighted by Crippen LogP contribution is -2.39. The van der Waals surface area contributed by atoms with Crippen LogP contribution in [0.3, 0.4) is 0 Å². The summed E-state index contributed by atoms with van der Waals surface area (Å²) in [4.78, 5) is 23.3. The third kappa shape index (κ3) is 4.59. The first-order valence-corrected chi connectivity index (χ1v) is 9.98. The first-order valence-electron chi connectivity index (χ1n) is 9.61. The standard InChI is InChI=1S/C22H22ClN3O3/c1-28-20-9-6-16(12-24-20)22(27)26-10-2-3-17(14-26)21-25-13-19(29-21)11-15-4-7-18(23)8-5-15/h4-9,12-13,17H,2-3,10-11,14H2,1H3. The van der Waals surface area contributed by atoms with Crippen LogP contribution in [0.2, 0.25) is 5.02 Å². The van der Waals surface area contributed by atoms with Crippen molar-refractivity contribution in [2.75, 3.05) is 20.2 Å². The topological polar surface area (TPSA) is 68.5 Å². The number of benzene rings is 1. The Morgan fingerprint density at radius 2 is 2.03 bits per heavy atom. The second-order valence-electron chi connectivity index (χ2n) is 7.15. The summed E-state index contributed by atoms with van der Waals surface area (Å²) in [5, 5.41) is 0.714. The Balaban J connectivity index is 1.42. The van der Waals surface area contributed by atoms with E-state index < -0.39 is 0 Å². The number of hydrogen-bond acceptors (Lipinski definition) is 5. The van der Waals surface area contributed by atoms with Gasteiger partial charge in [0.25, 0.3) is 5.91 Å². The first-order chi connectivity index (χ1) is 14.1. The molecule has 0 radical (unpaired) electrons. The monoisotopic (exact) mass is 411 g/mol. The lowest BCUT2D eigenvalue weighted by molar-refractivity contribution is 0.0697. The Morgan fingerprint density at radius 1 is 1.21 bits per heavy atom. The zero-order valence-corrected chi connectivity index (χ0v) is 16.9. The van der Waals surface area contributed by atoms with Gasteiger partial charge in [-0.3, -0.25) is 4.79 Å². The molecule has 1 atom stereocenters. The van der Waals surface area contributed by atoms with Crippen molar-refractivity contribution in [3.05, 3.63) is 76.6 Å². The molecule has 0 bridgehead atoms.